The number of nitrogens with one attached hydrogen (secondary N) is 1. The molecule has 0 unspecified atom stereocenters. The smallest absolute Gasteiger partial charge is 0.271 e. The Kier molecular flexibility index (Phi) is 3.89. The molecule has 0 saturated heterocycles. The van der Waals surface area contributed by atoms with Gasteiger partial charge in [-0.15, -0.1) is 0 Å². The number of halogens is 2. The van der Waals surface area contributed by atoms with Gasteiger partial charge in [0.05, 0.1) is 6.33 Å². The fourth-order valence-electron chi connectivity index (χ4n) is 1.60. The minimum atomic E-state index is -0.354. The van der Waals surface area contributed by atoms with Crippen molar-refractivity contribution in [3.63, 3.8) is 0 Å². The van der Waals surface area contributed by atoms with Crippen LogP contribution in [-0.2, 0) is 6.54 Å². The Morgan fingerprint density at radius 3 is 2.78 bits per heavy atom. The first-order valence-corrected chi connectivity index (χ1v) is 6.03. The quantitative estimate of drug-likeness (QED) is 0.942. The Morgan fingerprint density at radius 2 is 2.06 bits per heavy atom. The van der Waals surface area contributed by atoms with Crippen LogP contribution in [0.1, 0.15) is 5.56 Å². The van der Waals surface area contributed by atoms with E-state index in [2.05, 4.69) is 9.97 Å². The Hall–Kier alpha value is -1.52. The van der Waals surface area contributed by atoms with Gasteiger partial charge in [0.15, 0.2) is 5.82 Å². The zero-order valence-corrected chi connectivity index (χ0v) is 11.2. The predicted molar refractivity (Wildman–Crippen MR) is 73.4 cm³/mol. The largest absolute Gasteiger partial charge is 0.354 e. The molecular weight excluding hydrogens is 273 g/mol. The number of benzene rings is 1. The second-order valence-corrected chi connectivity index (χ2v) is 4.60. The summed E-state index contributed by atoms with van der Waals surface area (Å²) >= 11 is 12.0. The van der Waals surface area contributed by atoms with Crippen LogP contribution in [0.15, 0.2) is 35.4 Å². The van der Waals surface area contributed by atoms with E-state index in [1.807, 2.05) is 24.3 Å². The van der Waals surface area contributed by atoms with E-state index in [0.717, 1.165) is 5.56 Å². The Labute approximate surface area is 114 Å². The standard InChI is InChI=1S/C12H11Cl2N3O/c1-17(6-8-4-2-3-5-9(8)13)11-10(14)12(18)16-7-15-11/h2-5,7H,6H2,1H3,(H,15,16,18). The molecule has 6 heteroatoms. The molecule has 1 N–H and O–H groups in total. The molecule has 4 nitrogen and oxygen atoms in total. The van der Waals surface area contributed by atoms with Gasteiger partial charge < -0.3 is 9.88 Å². The molecule has 0 radical (unpaired) electrons. The third-order valence-electron chi connectivity index (χ3n) is 2.51. The second kappa shape index (κ2) is 5.42. The molecule has 2 rings (SSSR count). The Morgan fingerprint density at radius 1 is 1.33 bits per heavy atom. The topological polar surface area (TPSA) is 49.0 Å². The van der Waals surface area contributed by atoms with Gasteiger partial charge in [-0.05, 0) is 11.6 Å². The Balaban J connectivity index is 2.28. The SMILES string of the molecule is CN(Cc1ccccc1Cl)c1nc[nH]c(=O)c1Cl. The van der Waals surface area contributed by atoms with E-state index in [4.69, 9.17) is 23.2 Å². The fraction of sp³-hybridized carbons (Fsp3) is 0.167. The van der Waals surface area contributed by atoms with Gasteiger partial charge in [0.1, 0.15) is 5.02 Å². The van der Waals surface area contributed by atoms with Crippen LogP contribution in [0.3, 0.4) is 0 Å². The van der Waals surface area contributed by atoms with Crippen LogP contribution in [0.5, 0.6) is 0 Å². The van der Waals surface area contributed by atoms with Gasteiger partial charge in [0.25, 0.3) is 5.56 Å². The van der Waals surface area contributed by atoms with E-state index in [9.17, 15) is 4.79 Å². The van der Waals surface area contributed by atoms with E-state index in [1.165, 1.54) is 6.33 Å². The molecule has 0 aliphatic carbocycles. The van der Waals surface area contributed by atoms with Crippen molar-refractivity contribution in [2.24, 2.45) is 0 Å². The maximum absolute atomic E-state index is 11.4. The van der Waals surface area contributed by atoms with Crippen molar-refractivity contribution in [1.82, 2.24) is 9.97 Å². The zero-order chi connectivity index (χ0) is 13.1. The first-order valence-electron chi connectivity index (χ1n) is 5.27. The van der Waals surface area contributed by atoms with Gasteiger partial charge in [0.2, 0.25) is 0 Å². The highest BCUT2D eigenvalue weighted by atomic mass is 35.5. The highest BCUT2D eigenvalue weighted by molar-refractivity contribution is 6.32. The van der Waals surface area contributed by atoms with Crippen molar-refractivity contribution in [3.8, 4) is 0 Å². The lowest BCUT2D eigenvalue weighted by atomic mass is 10.2. The molecule has 0 saturated carbocycles. The average molecular weight is 284 g/mol. The van der Waals surface area contributed by atoms with Crippen molar-refractivity contribution < 1.29 is 0 Å². The number of H-pyrrole nitrogens is 1. The summed E-state index contributed by atoms with van der Waals surface area (Å²) in [5, 5.41) is 0.748. The lowest BCUT2D eigenvalue weighted by Gasteiger charge is -2.19. The number of aromatic amines is 1. The van der Waals surface area contributed by atoms with Crippen molar-refractivity contribution in [2.75, 3.05) is 11.9 Å². The average Bonchev–Trinajstić information content (AvgIpc) is 2.35. The molecule has 18 heavy (non-hydrogen) atoms. The summed E-state index contributed by atoms with van der Waals surface area (Å²) in [6.45, 7) is 0.524. The highest BCUT2D eigenvalue weighted by Crippen LogP contribution is 2.22. The Bertz CT molecular complexity index is 612. The monoisotopic (exact) mass is 283 g/mol. The van der Waals surface area contributed by atoms with Gasteiger partial charge in [-0.25, -0.2) is 4.98 Å². The summed E-state index contributed by atoms with van der Waals surface area (Å²) in [5.41, 5.74) is 0.590. The van der Waals surface area contributed by atoms with Gasteiger partial charge >= 0.3 is 0 Å². The maximum atomic E-state index is 11.4. The van der Waals surface area contributed by atoms with Crippen molar-refractivity contribution in [2.45, 2.75) is 6.54 Å². The third-order valence-corrected chi connectivity index (χ3v) is 3.21. The molecule has 0 aliphatic rings. The van der Waals surface area contributed by atoms with Gasteiger partial charge in [0, 0.05) is 18.6 Å². The second-order valence-electron chi connectivity index (χ2n) is 3.82. The van der Waals surface area contributed by atoms with Crippen molar-refractivity contribution in [3.05, 3.63) is 56.6 Å². The molecule has 1 aromatic carbocycles. The molecule has 0 aliphatic heterocycles. The molecule has 2 aromatic rings. The van der Waals surface area contributed by atoms with E-state index >= 15 is 0 Å². The van der Waals surface area contributed by atoms with Gasteiger partial charge in [-0.3, -0.25) is 4.79 Å². The number of hydrogen-bond donors (Lipinski definition) is 1. The minimum Gasteiger partial charge on any atom is -0.354 e. The van der Waals surface area contributed by atoms with Crippen LogP contribution < -0.4 is 10.5 Å². The van der Waals surface area contributed by atoms with Crippen LogP contribution in [0, 0.1) is 0 Å². The van der Waals surface area contributed by atoms with Crippen LogP contribution in [-0.4, -0.2) is 17.0 Å². The van der Waals surface area contributed by atoms with Crippen LogP contribution in [0.4, 0.5) is 5.82 Å². The first-order chi connectivity index (χ1) is 8.59. The molecule has 1 aromatic heterocycles. The summed E-state index contributed by atoms with van der Waals surface area (Å²) < 4.78 is 0. The molecular formula is C12H11Cl2N3O. The van der Waals surface area contributed by atoms with E-state index < -0.39 is 0 Å². The van der Waals surface area contributed by atoms with Gasteiger partial charge in [-0.1, -0.05) is 41.4 Å². The molecule has 0 amide bonds. The van der Waals surface area contributed by atoms with E-state index in [1.54, 1.807) is 11.9 Å². The summed E-state index contributed by atoms with van der Waals surface area (Å²) in [6.07, 6.45) is 1.33. The molecule has 1 heterocycles. The van der Waals surface area contributed by atoms with Gasteiger partial charge in [-0.2, -0.15) is 0 Å². The lowest BCUT2D eigenvalue weighted by Crippen LogP contribution is -2.21. The summed E-state index contributed by atoms with van der Waals surface area (Å²) in [4.78, 5) is 19.6. The molecule has 0 bridgehead atoms. The number of hydrogen-bond acceptors (Lipinski definition) is 3. The third kappa shape index (κ3) is 2.66. The number of nitrogens with zero attached hydrogens (tertiary/aromatic N) is 2. The normalized spacial score (nSPS) is 10.4. The number of anilines is 1. The summed E-state index contributed by atoms with van der Waals surface area (Å²) in [7, 11) is 1.80. The maximum Gasteiger partial charge on any atom is 0.271 e. The van der Waals surface area contributed by atoms with E-state index in [0.29, 0.717) is 17.4 Å². The molecule has 0 atom stereocenters. The number of aromatic nitrogens is 2. The molecule has 0 fully saturated rings. The molecule has 0 spiro atoms. The number of rotatable bonds is 3. The van der Waals surface area contributed by atoms with Crippen LogP contribution in [0.25, 0.3) is 0 Å². The molecule has 94 valence electrons. The van der Waals surface area contributed by atoms with Crippen molar-refractivity contribution >= 4 is 29.0 Å². The minimum absolute atomic E-state index is 0.0760. The zero-order valence-electron chi connectivity index (χ0n) is 9.65. The van der Waals surface area contributed by atoms with Crippen molar-refractivity contribution in [1.29, 1.82) is 0 Å². The lowest BCUT2D eigenvalue weighted by molar-refractivity contribution is 0.887. The fourth-order valence-corrected chi connectivity index (χ4v) is 2.04. The first kappa shape index (κ1) is 12.9. The highest BCUT2D eigenvalue weighted by Gasteiger charge is 2.12. The predicted octanol–water partition coefficient (Wildman–Crippen LogP) is 2.71. The summed E-state index contributed by atoms with van der Waals surface area (Å²) in [6, 6.07) is 7.50. The summed E-state index contributed by atoms with van der Waals surface area (Å²) in [5.74, 6) is 0.431. The van der Waals surface area contributed by atoms with Crippen LogP contribution in [0.2, 0.25) is 10.0 Å². The van der Waals surface area contributed by atoms with Crippen LogP contribution >= 0.6 is 23.2 Å². The van der Waals surface area contributed by atoms with E-state index in [-0.39, 0.29) is 10.6 Å².